The van der Waals surface area contributed by atoms with Gasteiger partial charge in [0, 0.05) is 0 Å². The first-order chi connectivity index (χ1) is 11.2. The highest BCUT2D eigenvalue weighted by Crippen LogP contribution is 2.35. The molecule has 1 atom stereocenters. The van der Waals surface area contributed by atoms with Crippen LogP contribution in [0.3, 0.4) is 0 Å². The van der Waals surface area contributed by atoms with Crippen LogP contribution in [0.2, 0.25) is 0 Å². The Morgan fingerprint density at radius 3 is 2.71 bits per heavy atom. The number of aromatic nitrogens is 1. The number of amides is 1. The molecule has 0 aliphatic rings. The molecule has 5 nitrogen and oxygen atoms in total. The lowest BCUT2D eigenvalue weighted by atomic mass is 10.1. The molecular weight excluding hydrogens is 343 g/mol. The van der Waals surface area contributed by atoms with E-state index < -0.39 is 17.6 Å². The number of carbonyl (C=O) groups excluding carboxylic acids is 1. The Labute approximate surface area is 140 Å². The fourth-order valence-corrected chi connectivity index (χ4v) is 2.64. The number of hydrogen-bond donors (Lipinski definition) is 2. The second-order valence-corrected chi connectivity index (χ2v) is 6.01. The predicted octanol–water partition coefficient (Wildman–Crippen LogP) is 3.83. The van der Waals surface area contributed by atoms with E-state index in [1.54, 1.807) is 13.8 Å². The molecule has 0 bridgehead atoms. The van der Waals surface area contributed by atoms with Gasteiger partial charge in [-0.15, -0.1) is 11.3 Å². The number of nitrogens with two attached hydrogens (primary N) is 1. The van der Waals surface area contributed by atoms with E-state index in [1.807, 2.05) is 0 Å². The summed E-state index contributed by atoms with van der Waals surface area (Å²) >= 11 is 1.09. The van der Waals surface area contributed by atoms with Crippen molar-refractivity contribution in [2.24, 2.45) is 5.73 Å². The maximum absolute atomic E-state index is 12.9. The summed E-state index contributed by atoms with van der Waals surface area (Å²) < 4.78 is 43.9. The second kappa shape index (κ2) is 7.18. The number of halogens is 3. The first-order valence-electron chi connectivity index (χ1n) is 7.09. The van der Waals surface area contributed by atoms with Crippen LogP contribution < -0.4 is 15.8 Å². The maximum Gasteiger partial charge on any atom is 0.416 e. The van der Waals surface area contributed by atoms with Crippen LogP contribution in [-0.4, -0.2) is 17.5 Å². The summed E-state index contributed by atoms with van der Waals surface area (Å²) in [4.78, 5) is 16.5. The van der Waals surface area contributed by atoms with Crippen LogP contribution in [0, 0.1) is 0 Å². The Bertz CT molecular complexity index is 729. The molecule has 1 amide bonds. The van der Waals surface area contributed by atoms with Gasteiger partial charge < -0.3 is 15.8 Å². The third-order valence-electron chi connectivity index (χ3n) is 2.99. The molecule has 2 rings (SSSR count). The monoisotopic (exact) mass is 359 g/mol. The largest absolute Gasteiger partial charge is 0.492 e. The average molecular weight is 359 g/mol. The quantitative estimate of drug-likeness (QED) is 0.850. The van der Waals surface area contributed by atoms with E-state index in [2.05, 4.69) is 10.3 Å². The number of benzene rings is 1. The highest BCUT2D eigenvalue weighted by Gasteiger charge is 2.31. The molecule has 3 N–H and O–H groups in total. The molecule has 0 aliphatic heterocycles. The van der Waals surface area contributed by atoms with Crippen molar-refractivity contribution in [3.05, 3.63) is 39.8 Å². The van der Waals surface area contributed by atoms with Crippen LogP contribution in [0.25, 0.3) is 0 Å². The van der Waals surface area contributed by atoms with Crippen molar-refractivity contribution in [2.45, 2.75) is 26.1 Å². The number of thiazole rings is 1. The summed E-state index contributed by atoms with van der Waals surface area (Å²) in [5.74, 6) is -0.407. The zero-order valence-electron chi connectivity index (χ0n) is 13.0. The summed E-state index contributed by atoms with van der Waals surface area (Å²) in [5, 5.41) is 3.01. The Morgan fingerprint density at radius 1 is 1.46 bits per heavy atom. The maximum atomic E-state index is 12.9. The molecular formula is C15H16F3N3O2S. The highest BCUT2D eigenvalue weighted by molar-refractivity contribution is 7.13. The number of anilines is 1. The third-order valence-corrected chi connectivity index (χ3v) is 4.19. The summed E-state index contributed by atoms with van der Waals surface area (Å²) in [5.41, 5.74) is 4.76. The molecule has 0 aliphatic carbocycles. The standard InChI is InChI=1S/C15H16F3N3O2S/c1-3-23-11-5-4-9(15(16,17)18)6-10(11)21-13(22)12-7-20-14(24-12)8(2)19/h4-8H,3,19H2,1-2H3,(H,21,22). The molecule has 0 saturated carbocycles. The van der Waals surface area contributed by atoms with E-state index in [4.69, 9.17) is 10.5 Å². The molecule has 1 heterocycles. The molecule has 130 valence electrons. The van der Waals surface area contributed by atoms with Crippen LogP contribution in [-0.2, 0) is 6.18 Å². The summed E-state index contributed by atoms with van der Waals surface area (Å²) in [6.07, 6.45) is -3.18. The molecule has 2 aromatic rings. The molecule has 0 radical (unpaired) electrons. The first kappa shape index (κ1) is 18.2. The number of alkyl halides is 3. The van der Waals surface area contributed by atoms with E-state index in [-0.39, 0.29) is 29.0 Å². The van der Waals surface area contributed by atoms with Crippen molar-refractivity contribution in [1.29, 1.82) is 0 Å². The molecule has 0 saturated heterocycles. The van der Waals surface area contributed by atoms with E-state index in [1.165, 1.54) is 12.3 Å². The highest BCUT2D eigenvalue weighted by atomic mass is 32.1. The molecule has 1 unspecified atom stereocenters. The van der Waals surface area contributed by atoms with Crippen molar-refractivity contribution < 1.29 is 22.7 Å². The van der Waals surface area contributed by atoms with Gasteiger partial charge in [-0.1, -0.05) is 0 Å². The van der Waals surface area contributed by atoms with Crippen molar-refractivity contribution in [3.8, 4) is 5.75 Å². The number of ether oxygens (including phenoxy) is 1. The average Bonchev–Trinajstić information content (AvgIpc) is 2.98. The van der Waals surface area contributed by atoms with Gasteiger partial charge in [-0.05, 0) is 32.0 Å². The fourth-order valence-electron chi connectivity index (χ4n) is 1.87. The van der Waals surface area contributed by atoms with E-state index in [9.17, 15) is 18.0 Å². The van der Waals surface area contributed by atoms with Gasteiger partial charge in [0.05, 0.1) is 30.1 Å². The lowest BCUT2D eigenvalue weighted by Crippen LogP contribution is -2.13. The van der Waals surface area contributed by atoms with Crippen LogP contribution in [0.15, 0.2) is 24.4 Å². The lowest BCUT2D eigenvalue weighted by molar-refractivity contribution is -0.137. The fraction of sp³-hybridized carbons (Fsp3) is 0.333. The van der Waals surface area contributed by atoms with Crippen molar-refractivity contribution >= 4 is 22.9 Å². The van der Waals surface area contributed by atoms with Gasteiger partial charge in [0.25, 0.3) is 5.91 Å². The van der Waals surface area contributed by atoms with Crippen LogP contribution in [0.4, 0.5) is 18.9 Å². The predicted molar refractivity (Wildman–Crippen MR) is 85.3 cm³/mol. The van der Waals surface area contributed by atoms with Crippen LogP contribution in [0.1, 0.15) is 40.1 Å². The SMILES string of the molecule is CCOc1ccc(C(F)(F)F)cc1NC(=O)c1cnc(C(C)N)s1. The number of nitrogens with one attached hydrogen (secondary N) is 1. The minimum atomic E-state index is -4.52. The molecule has 0 fully saturated rings. The molecule has 24 heavy (non-hydrogen) atoms. The number of nitrogens with zero attached hydrogens (tertiary/aromatic N) is 1. The Morgan fingerprint density at radius 2 is 2.17 bits per heavy atom. The summed E-state index contributed by atoms with van der Waals surface area (Å²) in [6.45, 7) is 3.67. The van der Waals surface area contributed by atoms with Crippen molar-refractivity contribution in [3.63, 3.8) is 0 Å². The topological polar surface area (TPSA) is 77.2 Å². The summed E-state index contributed by atoms with van der Waals surface area (Å²) in [6, 6.07) is 2.60. The van der Waals surface area contributed by atoms with Gasteiger partial charge >= 0.3 is 6.18 Å². The zero-order valence-corrected chi connectivity index (χ0v) is 13.8. The van der Waals surface area contributed by atoms with Crippen LogP contribution in [0.5, 0.6) is 5.75 Å². The zero-order chi connectivity index (χ0) is 17.9. The van der Waals surface area contributed by atoms with E-state index >= 15 is 0 Å². The second-order valence-electron chi connectivity index (χ2n) is 4.95. The minimum Gasteiger partial charge on any atom is -0.492 e. The number of hydrogen-bond acceptors (Lipinski definition) is 5. The van der Waals surface area contributed by atoms with Crippen molar-refractivity contribution in [1.82, 2.24) is 4.98 Å². The van der Waals surface area contributed by atoms with Gasteiger partial charge in [0.2, 0.25) is 0 Å². The number of carbonyl (C=O) groups is 1. The first-order valence-corrected chi connectivity index (χ1v) is 7.90. The molecule has 0 spiro atoms. The van der Waals surface area contributed by atoms with Gasteiger partial charge in [0.1, 0.15) is 15.6 Å². The molecule has 1 aromatic heterocycles. The molecule has 9 heteroatoms. The minimum absolute atomic E-state index is 0.0487. The third kappa shape index (κ3) is 4.24. The lowest BCUT2D eigenvalue weighted by Gasteiger charge is -2.14. The Kier molecular flexibility index (Phi) is 5.45. The van der Waals surface area contributed by atoms with Gasteiger partial charge in [0.15, 0.2) is 0 Å². The smallest absolute Gasteiger partial charge is 0.416 e. The van der Waals surface area contributed by atoms with Crippen molar-refractivity contribution in [2.75, 3.05) is 11.9 Å². The Balaban J connectivity index is 2.29. The Hall–Kier alpha value is -2.13. The van der Waals surface area contributed by atoms with Gasteiger partial charge in [-0.3, -0.25) is 4.79 Å². The van der Waals surface area contributed by atoms with Gasteiger partial charge in [-0.2, -0.15) is 13.2 Å². The van der Waals surface area contributed by atoms with E-state index in [0.29, 0.717) is 5.01 Å². The normalized spacial score (nSPS) is 12.8. The van der Waals surface area contributed by atoms with Crippen LogP contribution >= 0.6 is 11.3 Å². The van der Waals surface area contributed by atoms with Gasteiger partial charge in [-0.25, -0.2) is 4.98 Å². The number of rotatable bonds is 5. The van der Waals surface area contributed by atoms with E-state index in [0.717, 1.165) is 23.5 Å². The molecule has 1 aromatic carbocycles. The summed E-state index contributed by atoms with van der Waals surface area (Å²) in [7, 11) is 0.